The summed E-state index contributed by atoms with van der Waals surface area (Å²) >= 11 is 0. The first-order chi connectivity index (χ1) is 7.75. The van der Waals surface area contributed by atoms with Crippen LogP contribution < -0.4 is 10.2 Å². The minimum atomic E-state index is 0.696. The van der Waals surface area contributed by atoms with Crippen LogP contribution in [0, 0.1) is 12.8 Å². The first-order valence-corrected chi connectivity index (χ1v) is 6.14. The third kappa shape index (κ3) is 2.95. The molecule has 2 heterocycles. The maximum atomic E-state index is 4.38. The minimum absolute atomic E-state index is 0.696. The second-order valence-corrected chi connectivity index (χ2v) is 4.77. The van der Waals surface area contributed by atoms with Crippen molar-refractivity contribution in [1.29, 1.82) is 0 Å². The highest BCUT2D eigenvalue weighted by Crippen LogP contribution is 2.16. The van der Waals surface area contributed by atoms with E-state index in [0.717, 1.165) is 31.9 Å². The van der Waals surface area contributed by atoms with E-state index in [4.69, 9.17) is 0 Å². The number of hydrogen-bond acceptors (Lipinski definition) is 3. The first kappa shape index (κ1) is 11.4. The van der Waals surface area contributed by atoms with Gasteiger partial charge in [0.15, 0.2) is 0 Å². The minimum Gasteiger partial charge on any atom is -0.370 e. The van der Waals surface area contributed by atoms with E-state index in [1.54, 1.807) is 0 Å². The molecule has 1 unspecified atom stereocenters. The second-order valence-electron chi connectivity index (χ2n) is 4.77. The van der Waals surface area contributed by atoms with Crippen molar-refractivity contribution in [3.63, 3.8) is 0 Å². The number of aryl methyl sites for hydroxylation is 1. The number of aromatic nitrogens is 1. The van der Waals surface area contributed by atoms with E-state index in [1.807, 2.05) is 13.1 Å². The van der Waals surface area contributed by atoms with Gasteiger partial charge in [-0.15, -0.1) is 0 Å². The van der Waals surface area contributed by atoms with Crippen molar-refractivity contribution in [3.05, 3.63) is 24.0 Å². The molecule has 0 aromatic carbocycles. The summed E-state index contributed by atoms with van der Waals surface area (Å²) in [4.78, 5) is 6.83. The lowest BCUT2D eigenvalue weighted by Crippen LogP contribution is -2.38. The summed E-state index contributed by atoms with van der Waals surface area (Å²) in [6.45, 7) is 8.83. The fourth-order valence-corrected chi connectivity index (χ4v) is 2.16. The highest BCUT2D eigenvalue weighted by molar-refractivity contribution is 5.44. The van der Waals surface area contributed by atoms with Gasteiger partial charge in [-0.2, -0.15) is 0 Å². The van der Waals surface area contributed by atoms with Crippen molar-refractivity contribution in [1.82, 2.24) is 10.3 Å². The Morgan fingerprint density at radius 2 is 2.31 bits per heavy atom. The quantitative estimate of drug-likeness (QED) is 0.781. The molecule has 1 fully saturated rings. The summed E-state index contributed by atoms with van der Waals surface area (Å²) in [5.74, 6) is 0.696. The number of pyridine rings is 1. The highest BCUT2D eigenvalue weighted by atomic mass is 15.1. The van der Waals surface area contributed by atoms with Gasteiger partial charge in [0.2, 0.25) is 0 Å². The predicted molar refractivity (Wildman–Crippen MR) is 67.8 cm³/mol. The molecule has 1 N–H and O–H groups in total. The van der Waals surface area contributed by atoms with Crippen LogP contribution in [0.5, 0.6) is 0 Å². The molecule has 3 heteroatoms. The van der Waals surface area contributed by atoms with Crippen molar-refractivity contribution in [2.24, 2.45) is 5.92 Å². The lowest BCUT2D eigenvalue weighted by atomic mass is 10.1. The summed E-state index contributed by atoms with van der Waals surface area (Å²) in [7, 11) is 0. The maximum absolute atomic E-state index is 4.38. The molecule has 1 aromatic heterocycles. The van der Waals surface area contributed by atoms with Crippen LogP contribution in [0.2, 0.25) is 0 Å². The Balaban J connectivity index is 2.08. The number of nitrogens with zero attached hydrogens (tertiary/aromatic N) is 2. The van der Waals surface area contributed by atoms with Gasteiger partial charge in [0, 0.05) is 18.8 Å². The lowest BCUT2D eigenvalue weighted by Gasteiger charge is -2.30. The van der Waals surface area contributed by atoms with Gasteiger partial charge in [-0.3, -0.25) is 4.98 Å². The van der Waals surface area contributed by atoms with Crippen molar-refractivity contribution >= 4 is 5.69 Å². The number of rotatable bonds is 1. The SMILES string of the molecule is Cc1ccc(N2CCCNCC(C)C2)cn1. The zero-order valence-electron chi connectivity index (χ0n) is 10.2. The molecule has 1 saturated heterocycles. The Morgan fingerprint density at radius 3 is 3.06 bits per heavy atom. The zero-order valence-corrected chi connectivity index (χ0v) is 10.2. The van der Waals surface area contributed by atoms with Crippen LogP contribution in [-0.4, -0.2) is 31.2 Å². The van der Waals surface area contributed by atoms with Gasteiger partial charge in [-0.1, -0.05) is 6.92 Å². The average Bonchev–Trinajstić information content (AvgIpc) is 2.24. The topological polar surface area (TPSA) is 28.2 Å². The number of nitrogens with one attached hydrogen (secondary N) is 1. The number of hydrogen-bond donors (Lipinski definition) is 1. The van der Waals surface area contributed by atoms with Crippen LogP contribution in [0.4, 0.5) is 5.69 Å². The lowest BCUT2D eigenvalue weighted by molar-refractivity contribution is 0.468. The molecule has 1 atom stereocenters. The van der Waals surface area contributed by atoms with Gasteiger partial charge in [-0.05, 0) is 44.5 Å². The van der Waals surface area contributed by atoms with Gasteiger partial charge in [0.1, 0.15) is 0 Å². The number of anilines is 1. The summed E-state index contributed by atoms with van der Waals surface area (Å²) < 4.78 is 0. The molecule has 0 radical (unpaired) electrons. The van der Waals surface area contributed by atoms with Gasteiger partial charge >= 0.3 is 0 Å². The summed E-state index contributed by atoms with van der Waals surface area (Å²) in [6, 6.07) is 4.28. The molecule has 16 heavy (non-hydrogen) atoms. The van der Waals surface area contributed by atoms with Gasteiger partial charge in [0.25, 0.3) is 0 Å². The summed E-state index contributed by atoms with van der Waals surface area (Å²) in [5.41, 5.74) is 2.35. The molecule has 0 spiro atoms. The molecule has 1 aromatic rings. The molecule has 1 aliphatic heterocycles. The summed E-state index contributed by atoms with van der Waals surface area (Å²) in [6.07, 6.45) is 3.21. The molecule has 0 bridgehead atoms. The van der Waals surface area contributed by atoms with Crippen molar-refractivity contribution in [3.8, 4) is 0 Å². The van der Waals surface area contributed by atoms with Crippen LogP contribution in [-0.2, 0) is 0 Å². The van der Waals surface area contributed by atoms with E-state index in [0.29, 0.717) is 5.92 Å². The second kappa shape index (κ2) is 5.30. The van der Waals surface area contributed by atoms with E-state index in [1.165, 1.54) is 12.1 Å². The molecule has 2 rings (SSSR count). The monoisotopic (exact) mass is 219 g/mol. The fourth-order valence-electron chi connectivity index (χ4n) is 2.16. The Bertz CT molecular complexity index is 320. The fraction of sp³-hybridized carbons (Fsp3) is 0.615. The van der Waals surface area contributed by atoms with Crippen LogP contribution >= 0.6 is 0 Å². The van der Waals surface area contributed by atoms with E-state index in [2.05, 4.69) is 34.3 Å². The van der Waals surface area contributed by atoms with Crippen LogP contribution in [0.25, 0.3) is 0 Å². The molecule has 0 saturated carbocycles. The molecule has 0 aliphatic carbocycles. The third-order valence-electron chi connectivity index (χ3n) is 3.07. The van der Waals surface area contributed by atoms with Crippen LogP contribution in [0.15, 0.2) is 18.3 Å². The molecule has 1 aliphatic rings. The molecule has 88 valence electrons. The van der Waals surface area contributed by atoms with E-state index in [-0.39, 0.29) is 0 Å². The van der Waals surface area contributed by atoms with E-state index in [9.17, 15) is 0 Å². The normalized spacial score (nSPS) is 22.6. The van der Waals surface area contributed by atoms with Gasteiger partial charge < -0.3 is 10.2 Å². The molecular formula is C13H21N3. The predicted octanol–water partition coefficient (Wildman–Crippen LogP) is 1.83. The molecular weight excluding hydrogens is 198 g/mol. The zero-order chi connectivity index (χ0) is 11.4. The van der Waals surface area contributed by atoms with Crippen molar-refractivity contribution in [2.45, 2.75) is 20.3 Å². The maximum Gasteiger partial charge on any atom is 0.0553 e. The van der Waals surface area contributed by atoms with E-state index >= 15 is 0 Å². The molecule has 3 nitrogen and oxygen atoms in total. The van der Waals surface area contributed by atoms with Crippen LogP contribution in [0.1, 0.15) is 19.0 Å². The Kier molecular flexibility index (Phi) is 3.78. The Morgan fingerprint density at radius 1 is 1.44 bits per heavy atom. The Labute approximate surface area is 97.9 Å². The van der Waals surface area contributed by atoms with Crippen LogP contribution in [0.3, 0.4) is 0 Å². The highest BCUT2D eigenvalue weighted by Gasteiger charge is 2.13. The van der Waals surface area contributed by atoms with Gasteiger partial charge in [0.05, 0.1) is 11.9 Å². The first-order valence-electron chi connectivity index (χ1n) is 6.14. The van der Waals surface area contributed by atoms with Crippen molar-refractivity contribution in [2.75, 3.05) is 31.1 Å². The standard InChI is InChI=1S/C13H21N3/c1-11-8-14-6-3-7-16(10-11)13-5-4-12(2)15-9-13/h4-5,9,11,14H,3,6-8,10H2,1-2H3. The third-order valence-corrected chi connectivity index (χ3v) is 3.07. The van der Waals surface area contributed by atoms with Crippen molar-refractivity contribution < 1.29 is 0 Å². The largest absolute Gasteiger partial charge is 0.370 e. The van der Waals surface area contributed by atoms with E-state index < -0.39 is 0 Å². The summed E-state index contributed by atoms with van der Waals surface area (Å²) in [5, 5.41) is 3.48. The Hall–Kier alpha value is -1.09. The van der Waals surface area contributed by atoms with Gasteiger partial charge in [-0.25, -0.2) is 0 Å². The average molecular weight is 219 g/mol. The smallest absolute Gasteiger partial charge is 0.0553 e. The molecule has 0 amide bonds.